The minimum atomic E-state index is -0.498. The molecule has 0 unspecified atom stereocenters. The van der Waals surface area contributed by atoms with Crippen molar-refractivity contribution in [2.24, 2.45) is 0 Å². The maximum Gasteiger partial charge on any atom is 0.198 e. The predicted molar refractivity (Wildman–Crippen MR) is 113 cm³/mol. The second-order valence-electron chi connectivity index (χ2n) is 6.05. The van der Waals surface area contributed by atoms with Crippen molar-refractivity contribution in [2.45, 2.75) is 19.9 Å². The van der Waals surface area contributed by atoms with Crippen LogP contribution in [-0.2, 0) is 13.0 Å². The Balaban J connectivity index is 0.00000182. The highest BCUT2D eigenvalue weighted by Crippen LogP contribution is 2.30. The topological polar surface area (TPSA) is 38.1 Å². The summed E-state index contributed by atoms with van der Waals surface area (Å²) < 4.78 is 16.0. The Labute approximate surface area is 174 Å². The van der Waals surface area contributed by atoms with Crippen molar-refractivity contribution in [2.75, 3.05) is 14.1 Å². The van der Waals surface area contributed by atoms with Crippen LogP contribution in [0, 0.1) is 5.82 Å². The van der Waals surface area contributed by atoms with Crippen molar-refractivity contribution in [1.29, 1.82) is 0 Å². The molecule has 0 saturated heterocycles. The Bertz CT molecular complexity index is 908. The van der Waals surface area contributed by atoms with Gasteiger partial charge in [0.2, 0.25) is 0 Å². The number of halogens is 3. The summed E-state index contributed by atoms with van der Waals surface area (Å²) in [5, 5.41) is 0.791. The van der Waals surface area contributed by atoms with Gasteiger partial charge < -0.3 is 4.90 Å². The van der Waals surface area contributed by atoms with Crippen LogP contribution in [0.2, 0.25) is 0 Å². The zero-order valence-electron chi connectivity index (χ0n) is 15.3. The molecule has 2 aromatic heterocycles. The largest absolute Gasteiger partial charge is 0.302 e. The number of carbonyl (C=O) groups is 1. The van der Waals surface area contributed by atoms with E-state index in [1.54, 1.807) is 29.7 Å². The first-order valence-electron chi connectivity index (χ1n) is 8.10. The van der Waals surface area contributed by atoms with Gasteiger partial charge in [-0.2, -0.15) is 0 Å². The van der Waals surface area contributed by atoms with Crippen LogP contribution in [-0.4, -0.2) is 34.3 Å². The molecule has 8 heteroatoms. The van der Waals surface area contributed by atoms with Crippen LogP contribution >= 0.6 is 36.2 Å². The van der Waals surface area contributed by atoms with E-state index in [9.17, 15) is 9.18 Å². The van der Waals surface area contributed by atoms with Gasteiger partial charge in [-0.3, -0.25) is 9.36 Å². The SMILES string of the molecule is CCc1cc(C(=O)c2ccccc2F)c(-n2ccnc2CN(C)C)s1.Cl.Cl. The molecule has 0 aliphatic carbocycles. The number of hydrogen-bond donors (Lipinski definition) is 0. The maximum absolute atomic E-state index is 14.1. The van der Waals surface area contributed by atoms with Crippen LogP contribution in [0.4, 0.5) is 4.39 Å². The van der Waals surface area contributed by atoms with Gasteiger partial charge in [0.25, 0.3) is 0 Å². The average molecular weight is 430 g/mol. The molecule has 27 heavy (non-hydrogen) atoms. The molecule has 0 fully saturated rings. The lowest BCUT2D eigenvalue weighted by Gasteiger charge is -2.12. The Hall–Kier alpha value is -1.73. The van der Waals surface area contributed by atoms with E-state index in [2.05, 4.69) is 4.98 Å². The molecule has 1 aromatic carbocycles. The normalized spacial score (nSPS) is 10.4. The van der Waals surface area contributed by atoms with Crippen molar-refractivity contribution >= 4 is 41.9 Å². The summed E-state index contributed by atoms with van der Waals surface area (Å²) in [6.45, 7) is 2.70. The minimum absolute atomic E-state index is 0. The van der Waals surface area contributed by atoms with E-state index in [0.717, 1.165) is 22.1 Å². The molecule has 0 radical (unpaired) electrons. The summed E-state index contributed by atoms with van der Waals surface area (Å²) in [6.07, 6.45) is 4.39. The van der Waals surface area contributed by atoms with Gasteiger partial charge in [0.15, 0.2) is 5.78 Å². The van der Waals surface area contributed by atoms with Gasteiger partial charge in [-0.15, -0.1) is 36.2 Å². The molecule has 4 nitrogen and oxygen atoms in total. The van der Waals surface area contributed by atoms with Crippen molar-refractivity contribution in [1.82, 2.24) is 14.5 Å². The highest BCUT2D eigenvalue weighted by Gasteiger charge is 2.22. The Morgan fingerprint density at radius 1 is 1.22 bits per heavy atom. The second kappa shape index (κ2) is 9.99. The molecule has 0 N–H and O–H groups in total. The van der Waals surface area contributed by atoms with Crippen molar-refractivity contribution in [3.63, 3.8) is 0 Å². The number of aromatic nitrogens is 2. The molecule has 0 aliphatic rings. The van der Waals surface area contributed by atoms with Crippen LogP contribution in [0.25, 0.3) is 5.00 Å². The first-order valence-corrected chi connectivity index (χ1v) is 8.92. The number of nitrogens with zero attached hydrogens (tertiary/aromatic N) is 3. The van der Waals surface area contributed by atoms with Gasteiger partial charge in [0.05, 0.1) is 17.7 Å². The Morgan fingerprint density at radius 3 is 2.56 bits per heavy atom. The van der Waals surface area contributed by atoms with Gasteiger partial charge in [0.1, 0.15) is 16.6 Å². The zero-order valence-corrected chi connectivity index (χ0v) is 17.8. The average Bonchev–Trinajstić information content (AvgIpc) is 3.20. The molecular formula is C19H22Cl2FN3OS. The number of hydrogen-bond acceptors (Lipinski definition) is 4. The third-order valence-corrected chi connectivity index (χ3v) is 5.15. The molecule has 146 valence electrons. The molecule has 0 aliphatic heterocycles. The molecule has 0 spiro atoms. The fourth-order valence-electron chi connectivity index (χ4n) is 2.66. The fourth-order valence-corrected chi connectivity index (χ4v) is 3.75. The lowest BCUT2D eigenvalue weighted by atomic mass is 10.0. The van der Waals surface area contributed by atoms with E-state index < -0.39 is 5.82 Å². The number of aryl methyl sites for hydroxylation is 1. The fraction of sp³-hybridized carbons (Fsp3) is 0.263. The smallest absolute Gasteiger partial charge is 0.198 e. The summed E-state index contributed by atoms with van der Waals surface area (Å²) >= 11 is 1.55. The van der Waals surface area contributed by atoms with Crippen LogP contribution in [0.15, 0.2) is 42.7 Å². The van der Waals surface area contributed by atoms with Crippen LogP contribution in [0.1, 0.15) is 33.5 Å². The predicted octanol–water partition coefficient (Wildman–Crippen LogP) is 4.77. The van der Waals surface area contributed by atoms with Crippen molar-refractivity contribution < 1.29 is 9.18 Å². The molecule has 2 heterocycles. The Kier molecular flexibility index (Phi) is 8.62. The third-order valence-electron chi connectivity index (χ3n) is 3.87. The first-order chi connectivity index (χ1) is 12.0. The summed E-state index contributed by atoms with van der Waals surface area (Å²) in [5.41, 5.74) is 0.614. The summed E-state index contributed by atoms with van der Waals surface area (Å²) in [7, 11) is 3.94. The van der Waals surface area contributed by atoms with Gasteiger partial charge in [-0.1, -0.05) is 19.1 Å². The van der Waals surface area contributed by atoms with Gasteiger partial charge in [0, 0.05) is 17.3 Å². The Morgan fingerprint density at radius 2 is 1.93 bits per heavy atom. The number of ketones is 1. The van der Waals surface area contributed by atoms with E-state index in [0.29, 0.717) is 12.1 Å². The number of rotatable bonds is 6. The van der Waals surface area contributed by atoms with E-state index in [1.807, 2.05) is 42.7 Å². The van der Waals surface area contributed by atoms with Crippen molar-refractivity contribution in [3.8, 4) is 5.00 Å². The lowest BCUT2D eigenvalue weighted by molar-refractivity contribution is 0.103. The number of benzene rings is 1. The van der Waals surface area contributed by atoms with Gasteiger partial charge >= 0.3 is 0 Å². The summed E-state index contributed by atoms with van der Waals surface area (Å²) in [5.74, 6) is 0.0486. The summed E-state index contributed by atoms with van der Waals surface area (Å²) in [6, 6.07) is 7.98. The highest BCUT2D eigenvalue weighted by atomic mass is 35.5. The van der Waals surface area contributed by atoms with E-state index >= 15 is 0 Å². The third kappa shape index (κ3) is 4.96. The molecule has 3 rings (SSSR count). The second-order valence-corrected chi connectivity index (χ2v) is 7.16. The zero-order chi connectivity index (χ0) is 18.0. The number of imidazole rings is 1. The van der Waals surface area contributed by atoms with Crippen LogP contribution in [0.3, 0.4) is 0 Å². The monoisotopic (exact) mass is 429 g/mol. The lowest BCUT2D eigenvalue weighted by Crippen LogP contribution is -2.15. The van der Waals surface area contributed by atoms with Gasteiger partial charge in [-0.05, 0) is 38.7 Å². The number of thiophene rings is 1. The molecule has 0 amide bonds. The standard InChI is InChI=1S/C19H20FN3OS.2ClH/c1-4-13-11-15(18(24)14-7-5-6-8-16(14)20)19(25-13)23-10-9-21-17(23)12-22(2)3;;/h5-11H,4,12H2,1-3H3;2*1H. The maximum atomic E-state index is 14.1. The van der Waals surface area contributed by atoms with Gasteiger partial charge in [-0.25, -0.2) is 9.37 Å². The molecule has 0 atom stereocenters. The van der Waals surface area contributed by atoms with E-state index in [1.165, 1.54) is 12.1 Å². The molecular weight excluding hydrogens is 408 g/mol. The quantitative estimate of drug-likeness (QED) is 0.529. The van der Waals surface area contributed by atoms with E-state index in [-0.39, 0.29) is 36.2 Å². The first kappa shape index (κ1) is 23.3. The summed E-state index contributed by atoms with van der Waals surface area (Å²) in [4.78, 5) is 20.5. The van der Waals surface area contributed by atoms with Crippen LogP contribution in [0.5, 0.6) is 0 Å². The number of carbonyl (C=O) groups excluding carboxylic acids is 1. The molecule has 0 bridgehead atoms. The van der Waals surface area contributed by atoms with E-state index in [4.69, 9.17) is 0 Å². The van der Waals surface area contributed by atoms with Crippen LogP contribution < -0.4 is 0 Å². The highest BCUT2D eigenvalue weighted by molar-refractivity contribution is 7.15. The van der Waals surface area contributed by atoms with Crippen molar-refractivity contribution in [3.05, 3.63) is 70.4 Å². The minimum Gasteiger partial charge on any atom is -0.302 e. The molecule has 3 aromatic rings. The molecule has 0 saturated carbocycles.